The van der Waals surface area contributed by atoms with E-state index in [4.69, 9.17) is 35.9 Å². The number of hydrogen-bond donors (Lipinski definition) is 3. The highest BCUT2D eigenvalue weighted by Crippen LogP contribution is 2.42. The molecule has 0 radical (unpaired) electrons. The van der Waals surface area contributed by atoms with Gasteiger partial charge >= 0.3 is 0 Å². The van der Waals surface area contributed by atoms with E-state index in [0.717, 1.165) is 16.3 Å². The fraction of sp³-hybridized carbons (Fsp3) is 0.194. The van der Waals surface area contributed by atoms with E-state index in [-0.39, 0.29) is 11.8 Å². The minimum atomic E-state index is -0.387. The maximum Gasteiger partial charge on any atom is 0.203 e. The topological polar surface area (TPSA) is 93.7 Å². The monoisotopic (exact) mass is 573 g/mol. The molecular formula is C31H31N3O6S. The number of nitrogens with one attached hydrogen (secondary N) is 2. The second kappa shape index (κ2) is 11.7. The molecule has 0 saturated carbocycles. The molecule has 0 saturated heterocycles. The van der Waals surface area contributed by atoms with Crippen LogP contribution in [0.4, 0.5) is 5.69 Å². The number of hydrazine groups is 1. The van der Waals surface area contributed by atoms with Gasteiger partial charge in [-0.2, -0.15) is 0 Å². The molecule has 1 atom stereocenters. The molecule has 0 aliphatic carbocycles. The molecular weight excluding hydrogens is 542 g/mol. The van der Waals surface area contributed by atoms with Crippen molar-refractivity contribution in [3.05, 3.63) is 83.9 Å². The van der Waals surface area contributed by atoms with Crippen molar-refractivity contribution in [1.82, 2.24) is 10.4 Å². The Labute approximate surface area is 243 Å². The summed E-state index contributed by atoms with van der Waals surface area (Å²) in [6.07, 6.45) is 2.00. The number of rotatable bonds is 8. The second-order valence-corrected chi connectivity index (χ2v) is 9.57. The number of hydrogen-bond acceptors (Lipinski definition) is 8. The lowest BCUT2D eigenvalue weighted by Crippen LogP contribution is -2.42. The minimum Gasteiger partial charge on any atom is -0.507 e. The summed E-state index contributed by atoms with van der Waals surface area (Å²) in [4.78, 5) is 0. The number of ether oxygens (including phenoxy) is 5. The summed E-state index contributed by atoms with van der Waals surface area (Å²) < 4.78 is 27.5. The van der Waals surface area contributed by atoms with Crippen LogP contribution in [0.25, 0.3) is 16.5 Å². The van der Waals surface area contributed by atoms with Crippen LogP contribution in [0.2, 0.25) is 0 Å². The largest absolute Gasteiger partial charge is 0.507 e. The zero-order valence-electron chi connectivity index (χ0n) is 23.3. The first kappa shape index (κ1) is 27.7. The fourth-order valence-corrected chi connectivity index (χ4v) is 5.13. The van der Waals surface area contributed by atoms with Crippen LogP contribution in [0.3, 0.4) is 0 Å². The Balaban J connectivity index is 1.56. The van der Waals surface area contributed by atoms with E-state index in [1.807, 2.05) is 60.7 Å². The number of aromatic hydroxyl groups is 1. The maximum atomic E-state index is 11.2. The molecule has 1 unspecified atom stereocenters. The van der Waals surface area contributed by atoms with Crippen molar-refractivity contribution in [3.8, 4) is 34.5 Å². The van der Waals surface area contributed by atoms with Gasteiger partial charge in [-0.15, -0.1) is 0 Å². The molecule has 4 aromatic carbocycles. The summed E-state index contributed by atoms with van der Waals surface area (Å²) >= 11 is 5.91. The Hall–Kier alpha value is -4.83. The van der Waals surface area contributed by atoms with Gasteiger partial charge in [-0.1, -0.05) is 30.3 Å². The summed E-state index contributed by atoms with van der Waals surface area (Å²) in [5.74, 6) is 2.90. The third kappa shape index (κ3) is 5.33. The zero-order chi connectivity index (χ0) is 29.1. The third-order valence-corrected chi connectivity index (χ3v) is 7.18. The van der Waals surface area contributed by atoms with Crippen LogP contribution >= 0.6 is 12.2 Å². The van der Waals surface area contributed by atoms with Gasteiger partial charge in [-0.05, 0) is 47.4 Å². The summed E-state index contributed by atoms with van der Waals surface area (Å²) in [5.41, 5.74) is 6.22. The summed E-state index contributed by atoms with van der Waals surface area (Å²) in [5, 5.41) is 18.4. The first-order chi connectivity index (χ1) is 19.9. The van der Waals surface area contributed by atoms with Crippen molar-refractivity contribution < 1.29 is 28.8 Å². The zero-order valence-corrected chi connectivity index (χ0v) is 24.2. The Morgan fingerprint density at radius 3 is 2.10 bits per heavy atom. The highest BCUT2D eigenvalue weighted by Gasteiger charge is 2.31. The normalized spacial score (nSPS) is 14.2. The lowest BCUT2D eigenvalue weighted by Gasteiger charge is -2.29. The second-order valence-electron chi connectivity index (χ2n) is 9.18. The molecule has 0 spiro atoms. The standard InChI is InChI=1S/C31H31N3O6S/c1-36-21-12-19(13-22(16-21)37-2)26-17-25(24-11-10-18-8-6-7-9-23(18)29(24)35)33-34(26)31(41)32-20-14-27(38-3)30(40-5)28(15-20)39-4/h6-17,26,33,35H,1-5H3,(H,32,41). The van der Waals surface area contributed by atoms with Gasteiger partial charge in [-0.25, -0.2) is 0 Å². The summed E-state index contributed by atoms with van der Waals surface area (Å²) in [6, 6.07) is 20.4. The van der Waals surface area contributed by atoms with Crippen molar-refractivity contribution in [2.24, 2.45) is 0 Å². The Kier molecular flexibility index (Phi) is 7.93. The van der Waals surface area contributed by atoms with E-state index in [0.29, 0.717) is 50.8 Å². The lowest BCUT2D eigenvalue weighted by atomic mass is 10.0. The molecule has 1 aliphatic heterocycles. The van der Waals surface area contributed by atoms with Crippen LogP contribution in [0.5, 0.6) is 34.5 Å². The fourth-order valence-electron chi connectivity index (χ4n) is 4.85. The van der Waals surface area contributed by atoms with E-state index < -0.39 is 0 Å². The molecule has 10 heteroatoms. The van der Waals surface area contributed by atoms with Crippen molar-refractivity contribution in [1.29, 1.82) is 0 Å². The van der Waals surface area contributed by atoms with Crippen LogP contribution in [0.15, 0.2) is 72.8 Å². The van der Waals surface area contributed by atoms with Crippen LogP contribution in [-0.2, 0) is 0 Å². The van der Waals surface area contributed by atoms with E-state index in [1.165, 1.54) is 0 Å². The minimum absolute atomic E-state index is 0.175. The molecule has 1 heterocycles. The highest BCUT2D eigenvalue weighted by molar-refractivity contribution is 7.80. The Bertz CT molecular complexity index is 1590. The van der Waals surface area contributed by atoms with Gasteiger partial charge in [0.05, 0.1) is 47.3 Å². The van der Waals surface area contributed by atoms with Gasteiger partial charge in [0.1, 0.15) is 17.2 Å². The van der Waals surface area contributed by atoms with Gasteiger partial charge in [0.15, 0.2) is 16.6 Å². The molecule has 0 bridgehead atoms. The van der Waals surface area contributed by atoms with Crippen molar-refractivity contribution in [3.63, 3.8) is 0 Å². The van der Waals surface area contributed by atoms with Crippen LogP contribution in [0.1, 0.15) is 17.2 Å². The number of phenolic OH excluding ortho intramolecular Hbond substituents is 1. The number of nitrogens with zero attached hydrogens (tertiary/aromatic N) is 1. The first-order valence-corrected chi connectivity index (χ1v) is 13.1. The van der Waals surface area contributed by atoms with Crippen molar-refractivity contribution in [2.45, 2.75) is 6.04 Å². The number of fused-ring (bicyclic) bond motifs is 1. The summed E-state index contributed by atoms with van der Waals surface area (Å²) in [6.45, 7) is 0. The number of benzene rings is 4. The molecule has 5 rings (SSSR count). The molecule has 0 fully saturated rings. The molecule has 212 valence electrons. The first-order valence-electron chi connectivity index (χ1n) is 12.7. The third-order valence-electron chi connectivity index (χ3n) is 6.88. The van der Waals surface area contributed by atoms with E-state index in [9.17, 15) is 5.11 Å². The number of anilines is 1. The highest BCUT2D eigenvalue weighted by atomic mass is 32.1. The SMILES string of the molecule is COc1cc(OC)cc(C2C=C(c3ccc4ccccc4c3O)NN2C(=S)Nc2cc(OC)c(OC)c(OC)c2)c1. The predicted molar refractivity (Wildman–Crippen MR) is 163 cm³/mol. The van der Waals surface area contributed by atoms with E-state index >= 15 is 0 Å². The Morgan fingerprint density at radius 1 is 0.829 bits per heavy atom. The molecule has 0 amide bonds. The molecule has 41 heavy (non-hydrogen) atoms. The average Bonchev–Trinajstić information content (AvgIpc) is 3.46. The molecule has 1 aliphatic rings. The Morgan fingerprint density at radius 2 is 1.49 bits per heavy atom. The lowest BCUT2D eigenvalue weighted by molar-refractivity contribution is 0.324. The average molecular weight is 574 g/mol. The van der Waals surface area contributed by atoms with E-state index in [2.05, 4.69) is 10.7 Å². The molecule has 9 nitrogen and oxygen atoms in total. The van der Waals surface area contributed by atoms with Crippen molar-refractivity contribution in [2.75, 3.05) is 40.9 Å². The maximum absolute atomic E-state index is 11.2. The van der Waals surface area contributed by atoms with Gasteiger partial charge < -0.3 is 34.1 Å². The van der Waals surface area contributed by atoms with E-state index in [1.54, 1.807) is 52.7 Å². The quantitative estimate of drug-likeness (QED) is 0.222. The van der Waals surface area contributed by atoms with Crippen LogP contribution in [0, 0.1) is 0 Å². The smallest absolute Gasteiger partial charge is 0.203 e. The van der Waals surface area contributed by atoms with Crippen LogP contribution < -0.4 is 34.4 Å². The molecule has 3 N–H and O–H groups in total. The van der Waals surface area contributed by atoms with Gasteiger partial charge in [0.25, 0.3) is 0 Å². The van der Waals surface area contributed by atoms with Crippen molar-refractivity contribution >= 4 is 39.5 Å². The van der Waals surface area contributed by atoms with Gasteiger partial charge in [-0.3, -0.25) is 10.4 Å². The number of phenols is 1. The summed E-state index contributed by atoms with van der Waals surface area (Å²) in [7, 11) is 7.87. The predicted octanol–water partition coefficient (Wildman–Crippen LogP) is 5.89. The van der Waals surface area contributed by atoms with Gasteiger partial charge in [0, 0.05) is 34.8 Å². The molecule has 4 aromatic rings. The molecule has 0 aromatic heterocycles. The van der Waals surface area contributed by atoms with Gasteiger partial charge in [0.2, 0.25) is 5.75 Å². The number of methoxy groups -OCH3 is 5. The number of thiocarbonyl (C=S) groups is 1. The van der Waals surface area contributed by atoms with Crippen LogP contribution in [-0.4, -0.2) is 50.8 Å².